The van der Waals surface area contributed by atoms with Crippen LogP contribution in [-0.2, 0) is 19.5 Å². The number of rotatable bonds is 6. The topological polar surface area (TPSA) is 70.7 Å². The number of anilines is 1. The Morgan fingerprint density at radius 1 is 1.19 bits per heavy atom. The third-order valence-electron chi connectivity index (χ3n) is 6.15. The molecule has 1 aromatic heterocycles. The van der Waals surface area contributed by atoms with Gasteiger partial charge in [-0.05, 0) is 43.6 Å². The Balaban J connectivity index is 1.70. The second-order valence-electron chi connectivity index (χ2n) is 8.13. The molecule has 0 unspecified atom stereocenters. The molecule has 0 aliphatic carbocycles. The molecule has 1 aliphatic rings. The molecule has 7 heteroatoms. The summed E-state index contributed by atoms with van der Waals surface area (Å²) in [6, 6.07) is 8.55. The van der Waals surface area contributed by atoms with Gasteiger partial charge in [-0.3, -0.25) is 4.79 Å². The molecular formula is C24H30N4O3. The molecule has 4 rings (SSSR count). The molecule has 31 heavy (non-hydrogen) atoms. The fraction of sp³-hybridized carbons (Fsp3) is 0.417. The molecule has 3 aromatic rings. The normalized spacial score (nSPS) is 13.5. The number of hydrogen-bond donors (Lipinski definition) is 1. The van der Waals surface area contributed by atoms with Gasteiger partial charge in [0.1, 0.15) is 0 Å². The second-order valence-corrected chi connectivity index (χ2v) is 8.13. The summed E-state index contributed by atoms with van der Waals surface area (Å²) in [5, 5.41) is 0.531. The summed E-state index contributed by atoms with van der Waals surface area (Å²) in [4.78, 5) is 25.1. The second kappa shape index (κ2) is 8.59. The molecule has 7 nitrogen and oxygen atoms in total. The zero-order chi connectivity index (χ0) is 22.1. The van der Waals surface area contributed by atoms with Crippen LogP contribution >= 0.6 is 0 Å². The van der Waals surface area contributed by atoms with Gasteiger partial charge in [0.2, 0.25) is 5.95 Å². The van der Waals surface area contributed by atoms with E-state index in [-0.39, 0.29) is 5.56 Å². The van der Waals surface area contributed by atoms with Crippen molar-refractivity contribution in [1.29, 1.82) is 0 Å². The highest BCUT2D eigenvalue weighted by Crippen LogP contribution is 2.35. The zero-order valence-corrected chi connectivity index (χ0v) is 18.9. The SMILES string of the molecule is CCN(C)Cc1ccc2c(c1)CN(c1nc(=O)c3c(C)c(OC)c(OC)cc3[nH]1)CC2. The van der Waals surface area contributed by atoms with Crippen LogP contribution in [0, 0.1) is 6.92 Å². The van der Waals surface area contributed by atoms with Gasteiger partial charge in [0, 0.05) is 31.3 Å². The van der Waals surface area contributed by atoms with Gasteiger partial charge in [-0.15, -0.1) is 0 Å². The Morgan fingerprint density at radius 2 is 2.00 bits per heavy atom. The molecule has 0 amide bonds. The predicted octanol–water partition coefficient (Wildman–Crippen LogP) is 3.26. The minimum absolute atomic E-state index is 0.258. The molecule has 2 heterocycles. The van der Waals surface area contributed by atoms with Crippen molar-refractivity contribution in [2.75, 3.05) is 39.3 Å². The molecule has 0 saturated heterocycles. The van der Waals surface area contributed by atoms with Gasteiger partial charge >= 0.3 is 0 Å². The maximum Gasteiger partial charge on any atom is 0.282 e. The largest absolute Gasteiger partial charge is 0.493 e. The van der Waals surface area contributed by atoms with E-state index in [0.717, 1.165) is 38.2 Å². The Morgan fingerprint density at radius 3 is 2.71 bits per heavy atom. The predicted molar refractivity (Wildman–Crippen MR) is 123 cm³/mol. The van der Waals surface area contributed by atoms with E-state index in [0.29, 0.717) is 28.4 Å². The van der Waals surface area contributed by atoms with Crippen molar-refractivity contribution in [3.05, 3.63) is 56.9 Å². The van der Waals surface area contributed by atoms with Gasteiger partial charge < -0.3 is 24.3 Å². The number of nitrogens with zero attached hydrogens (tertiary/aromatic N) is 3. The minimum Gasteiger partial charge on any atom is -0.493 e. The van der Waals surface area contributed by atoms with E-state index >= 15 is 0 Å². The molecule has 2 aromatic carbocycles. The fourth-order valence-corrected chi connectivity index (χ4v) is 4.31. The van der Waals surface area contributed by atoms with E-state index in [4.69, 9.17) is 9.47 Å². The first kappa shape index (κ1) is 21.2. The van der Waals surface area contributed by atoms with Crippen molar-refractivity contribution in [2.24, 2.45) is 0 Å². The van der Waals surface area contributed by atoms with E-state index in [1.165, 1.54) is 16.7 Å². The van der Waals surface area contributed by atoms with Gasteiger partial charge in [0.15, 0.2) is 11.5 Å². The standard InChI is InChI=1S/C24H30N4O3/c1-6-27(3)13-16-7-8-17-9-10-28(14-18(17)11-16)24-25-19-12-20(30-4)22(31-5)15(2)21(19)23(29)26-24/h7-8,11-12H,6,9-10,13-14H2,1-5H3,(H,25,26,29). The molecular weight excluding hydrogens is 392 g/mol. The number of benzene rings is 2. The van der Waals surface area contributed by atoms with Crippen LogP contribution < -0.4 is 19.9 Å². The van der Waals surface area contributed by atoms with Gasteiger partial charge in [-0.1, -0.05) is 25.1 Å². The van der Waals surface area contributed by atoms with Crippen LogP contribution in [0.5, 0.6) is 11.5 Å². The summed E-state index contributed by atoms with van der Waals surface area (Å²) in [5.74, 6) is 1.74. The van der Waals surface area contributed by atoms with Crippen molar-refractivity contribution >= 4 is 16.9 Å². The third kappa shape index (κ3) is 3.97. The van der Waals surface area contributed by atoms with Crippen molar-refractivity contribution in [2.45, 2.75) is 33.4 Å². The Labute approximate surface area is 182 Å². The van der Waals surface area contributed by atoms with Gasteiger partial charge in [0.25, 0.3) is 5.56 Å². The van der Waals surface area contributed by atoms with Crippen LogP contribution in [0.3, 0.4) is 0 Å². The fourth-order valence-electron chi connectivity index (χ4n) is 4.31. The number of H-pyrrole nitrogens is 1. The number of aromatic nitrogens is 2. The molecule has 0 saturated carbocycles. The summed E-state index contributed by atoms with van der Waals surface area (Å²) in [6.45, 7) is 7.48. The average Bonchev–Trinajstić information content (AvgIpc) is 2.77. The third-order valence-corrected chi connectivity index (χ3v) is 6.15. The van der Waals surface area contributed by atoms with Crippen molar-refractivity contribution < 1.29 is 9.47 Å². The molecule has 0 fully saturated rings. The van der Waals surface area contributed by atoms with Gasteiger partial charge in [0.05, 0.1) is 25.1 Å². The Hall–Kier alpha value is -3.06. The molecule has 164 valence electrons. The highest BCUT2D eigenvalue weighted by atomic mass is 16.5. The van der Waals surface area contributed by atoms with Crippen LogP contribution in [0.1, 0.15) is 29.2 Å². The van der Waals surface area contributed by atoms with E-state index < -0.39 is 0 Å². The summed E-state index contributed by atoms with van der Waals surface area (Å²) in [5.41, 5.74) is 5.13. The number of aryl methyl sites for hydroxylation is 1. The smallest absolute Gasteiger partial charge is 0.282 e. The van der Waals surface area contributed by atoms with E-state index in [2.05, 4.69) is 51.9 Å². The van der Waals surface area contributed by atoms with Crippen LogP contribution in [0.4, 0.5) is 5.95 Å². The number of ether oxygens (including phenoxy) is 2. The monoisotopic (exact) mass is 422 g/mol. The van der Waals surface area contributed by atoms with Gasteiger partial charge in [-0.25, -0.2) is 0 Å². The first-order valence-electron chi connectivity index (χ1n) is 10.6. The summed E-state index contributed by atoms with van der Waals surface area (Å²) < 4.78 is 10.9. The highest BCUT2D eigenvalue weighted by molar-refractivity contribution is 5.86. The van der Waals surface area contributed by atoms with Crippen molar-refractivity contribution in [3.8, 4) is 11.5 Å². The first-order valence-corrected chi connectivity index (χ1v) is 10.6. The first-order chi connectivity index (χ1) is 14.9. The minimum atomic E-state index is -0.258. The number of methoxy groups -OCH3 is 2. The summed E-state index contributed by atoms with van der Waals surface area (Å²) in [6.07, 6.45) is 0.923. The van der Waals surface area contributed by atoms with Crippen LogP contribution in [0.15, 0.2) is 29.1 Å². The Kier molecular flexibility index (Phi) is 5.87. The lowest BCUT2D eigenvalue weighted by Gasteiger charge is -2.30. The number of fused-ring (bicyclic) bond motifs is 2. The Bertz CT molecular complexity index is 1170. The molecule has 0 radical (unpaired) electrons. The van der Waals surface area contributed by atoms with E-state index in [1.54, 1.807) is 14.2 Å². The van der Waals surface area contributed by atoms with Crippen LogP contribution in [-0.4, -0.2) is 49.2 Å². The molecule has 0 bridgehead atoms. The van der Waals surface area contributed by atoms with Gasteiger partial charge in [-0.2, -0.15) is 4.98 Å². The number of nitrogens with one attached hydrogen (secondary N) is 1. The molecule has 1 aliphatic heterocycles. The maximum atomic E-state index is 12.9. The lowest BCUT2D eigenvalue weighted by molar-refractivity contribution is 0.345. The maximum absolute atomic E-state index is 12.9. The zero-order valence-electron chi connectivity index (χ0n) is 18.9. The quantitative estimate of drug-likeness (QED) is 0.658. The average molecular weight is 423 g/mol. The molecule has 1 N–H and O–H groups in total. The molecule has 0 spiro atoms. The van der Waals surface area contributed by atoms with Crippen molar-refractivity contribution in [3.63, 3.8) is 0 Å². The van der Waals surface area contributed by atoms with Crippen molar-refractivity contribution in [1.82, 2.24) is 14.9 Å². The summed E-state index contributed by atoms with van der Waals surface area (Å²) in [7, 11) is 5.30. The lowest BCUT2D eigenvalue weighted by Crippen LogP contribution is -2.33. The highest BCUT2D eigenvalue weighted by Gasteiger charge is 2.21. The number of hydrogen-bond acceptors (Lipinski definition) is 6. The van der Waals surface area contributed by atoms with Crippen LogP contribution in [0.25, 0.3) is 10.9 Å². The van der Waals surface area contributed by atoms with E-state index in [9.17, 15) is 4.79 Å². The van der Waals surface area contributed by atoms with Crippen LogP contribution in [0.2, 0.25) is 0 Å². The molecule has 0 atom stereocenters. The summed E-state index contributed by atoms with van der Waals surface area (Å²) >= 11 is 0. The van der Waals surface area contributed by atoms with E-state index in [1.807, 2.05) is 13.0 Å². The number of aromatic amines is 1. The lowest BCUT2D eigenvalue weighted by atomic mass is 9.97.